The summed E-state index contributed by atoms with van der Waals surface area (Å²) in [5.41, 5.74) is 7.81. The first kappa shape index (κ1) is 12.6. The molecule has 0 amide bonds. The lowest BCUT2D eigenvalue weighted by molar-refractivity contribution is 0.244. The number of hydrogen-bond acceptors (Lipinski definition) is 3. The van der Waals surface area contributed by atoms with E-state index in [1.165, 1.54) is 25.7 Å². The lowest BCUT2D eigenvalue weighted by atomic mass is 9.95. The van der Waals surface area contributed by atoms with Crippen LogP contribution in [0.3, 0.4) is 0 Å². The Morgan fingerprint density at radius 3 is 2.74 bits per heavy atom. The molecule has 0 radical (unpaired) electrons. The van der Waals surface area contributed by atoms with Gasteiger partial charge in [-0.3, -0.25) is 0 Å². The number of fused-ring (bicyclic) bond motifs is 2. The summed E-state index contributed by atoms with van der Waals surface area (Å²) < 4.78 is 5.75. The summed E-state index contributed by atoms with van der Waals surface area (Å²) in [5, 5.41) is 3.68. The summed E-state index contributed by atoms with van der Waals surface area (Å²) >= 11 is 0. The lowest BCUT2D eigenvalue weighted by Gasteiger charge is -2.24. The number of ether oxygens (including phenoxy) is 1. The van der Waals surface area contributed by atoms with Crippen LogP contribution in [0.5, 0.6) is 5.75 Å². The Bertz CT molecular complexity index is 458. The maximum Gasteiger partial charge on any atom is 0.144 e. The van der Waals surface area contributed by atoms with Crippen molar-refractivity contribution in [2.45, 2.75) is 51.7 Å². The molecule has 3 N–H and O–H groups in total. The summed E-state index contributed by atoms with van der Waals surface area (Å²) in [5.74, 6) is 2.63. The van der Waals surface area contributed by atoms with Crippen LogP contribution in [0.4, 0.5) is 11.4 Å². The van der Waals surface area contributed by atoms with Gasteiger partial charge in [-0.2, -0.15) is 0 Å². The Hall–Kier alpha value is -1.38. The number of nitrogens with one attached hydrogen (secondary N) is 1. The fourth-order valence-electron chi connectivity index (χ4n) is 3.62. The number of benzene rings is 1. The molecule has 2 bridgehead atoms. The Morgan fingerprint density at radius 1 is 1.26 bits per heavy atom. The van der Waals surface area contributed by atoms with Crippen molar-refractivity contribution in [1.29, 1.82) is 0 Å². The normalized spacial score (nSPS) is 28.9. The predicted octanol–water partition coefficient (Wildman–Crippen LogP) is 3.66. The highest BCUT2D eigenvalue weighted by molar-refractivity contribution is 5.61. The molecule has 3 atom stereocenters. The second-order valence-corrected chi connectivity index (χ2v) is 6.34. The van der Waals surface area contributed by atoms with Crippen LogP contribution in [0.1, 0.15) is 39.5 Å². The molecule has 1 aromatic carbocycles. The smallest absolute Gasteiger partial charge is 0.144 e. The van der Waals surface area contributed by atoms with Gasteiger partial charge in [0.25, 0.3) is 0 Å². The summed E-state index contributed by atoms with van der Waals surface area (Å²) in [7, 11) is 0. The van der Waals surface area contributed by atoms with E-state index in [1.807, 2.05) is 26.0 Å². The molecule has 3 heteroatoms. The Labute approximate surface area is 115 Å². The van der Waals surface area contributed by atoms with Crippen molar-refractivity contribution in [2.24, 2.45) is 11.8 Å². The Kier molecular flexibility index (Phi) is 3.29. The molecule has 0 heterocycles. The zero-order valence-corrected chi connectivity index (χ0v) is 11.9. The van der Waals surface area contributed by atoms with Gasteiger partial charge in [-0.25, -0.2) is 0 Å². The lowest BCUT2D eigenvalue weighted by Crippen LogP contribution is -2.25. The Balaban J connectivity index is 1.71. The van der Waals surface area contributed by atoms with Gasteiger partial charge in [-0.05, 0) is 57.1 Å². The summed E-state index contributed by atoms with van der Waals surface area (Å²) in [6, 6.07) is 6.69. The number of hydrogen-bond donors (Lipinski definition) is 2. The molecule has 3 unspecified atom stereocenters. The zero-order chi connectivity index (χ0) is 13.4. The molecule has 2 fully saturated rings. The molecule has 3 nitrogen and oxygen atoms in total. The van der Waals surface area contributed by atoms with Gasteiger partial charge in [0, 0.05) is 17.8 Å². The third-order valence-corrected chi connectivity index (χ3v) is 4.47. The van der Waals surface area contributed by atoms with E-state index in [-0.39, 0.29) is 6.10 Å². The van der Waals surface area contributed by atoms with Crippen molar-refractivity contribution in [1.82, 2.24) is 0 Å². The molecular formula is C16H24N2O. The van der Waals surface area contributed by atoms with E-state index in [1.54, 1.807) is 0 Å². The summed E-state index contributed by atoms with van der Waals surface area (Å²) in [6.07, 6.45) is 5.73. The van der Waals surface area contributed by atoms with Crippen LogP contribution >= 0.6 is 0 Å². The fraction of sp³-hybridized carbons (Fsp3) is 0.625. The van der Waals surface area contributed by atoms with Crippen LogP contribution in [-0.4, -0.2) is 12.1 Å². The number of anilines is 2. The van der Waals surface area contributed by atoms with E-state index < -0.39 is 0 Å². The Morgan fingerprint density at radius 2 is 2.11 bits per heavy atom. The molecule has 0 saturated heterocycles. The van der Waals surface area contributed by atoms with Crippen molar-refractivity contribution < 1.29 is 4.74 Å². The van der Waals surface area contributed by atoms with Gasteiger partial charge >= 0.3 is 0 Å². The van der Waals surface area contributed by atoms with Crippen LogP contribution in [-0.2, 0) is 0 Å². The van der Waals surface area contributed by atoms with Gasteiger partial charge in [0.2, 0.25) is 0 Å². The molecule has 0 aromatic heterocycles. The van der Waals surface area contributed by atoms with E-state index >= 15 is 0 Å². The highest BCUT2D eigenvalue weighted by Gasteiger charge is 2.39. The molecule has 0 aliphatic heterocycles. The third kappa shape index (κ3) is 2.65. The van der Waals surface area contributed by atoms with Crippen LogP contribution in [0.25, 0.3) is 0 Å². The number of rotatable bonds is 4. The van der Waals surface area contributed by atoms with E-state index in [9.17, 15) is 0 Å². The predicted molar refractivity (Wildman–Crippen MR) is 79.5 cm³/mol. The average Bonchev–Trinajstić information content (AvgIpc) is 2.95. The van der Waals surface area contributed by atoms with Crippen molar-refractivity contribution in [3.8, 4) is 5.75 Å². The van der Waals surface area contributed by atoms with Crippen LogP contribution in [0.2, 0.25) is 0 Å². The molecule has 104 valence electrons. The van der Waals surface area contributed by atoms with Gasteiger partial charge in [-0.1, -0.05) is 6.42 Å². The van der Waals surface area contributed by atoms with Crippen LogP contribution < -0.4 is 15.8 Å². The number of nitrogens with two attached hydrogens (primary N) is 1. The molecular weight excluding hydrogens is 236 g/mol. The maximum absolute atomic E-state index is 5.95. The van der Waals surface area contributed by atoms with Crippen molar-refractivity contribution in [2.75, 3.05) is 11.1 Å². The van der Waals surface area contributed by atoms with E-state index in [4.69, 9.17) is 10.5 Å². The summed E-state index contributed by atoms with van der Waals surface area (Å²) in [4.78, 5) is 0. The number of nitrogen functional groups attached to an aromatic ring is 1. The zero-order valence-electron chi connectivity index (χ0n) is 11.9. The monoisotopic (exact) mass is 260 g/mol. The first-order chi connectivity index (χ1) is 9.11. The highest BCUT2D eigenvalue weighted by Crippen LogP contribution is 2.45. The topological polar surface area (TPSA) is 47.3 Å². The highest BCUT2D eigenvalue weighted by atomic mass is 16.5. The van der Waals surface area contributed by atoms with Gasteiger partial charge in [-0.15, -0.1) is 0 Å². The van der Waals surface area contributed by atoms with Gasteiger partial charge in [0.05, 0.1) is 11.8 Å². The van der Waals surface area contributed by atoms with Crippen LogP contribution in [0, 0.1) is 11.8 Å². The van der Waals surface area contributed by atoms with Crippen molar-refractivity contribution in [3.63, 3.8) is 0 Å². The maximum atomic E-state index is 5.95. The second kappa shape index (κ2) is 4.95. The van der Waals surface area contributed by atoms with E-state index in [0.717, 1.165) is 23.3 Å². The first-order valence-corrected chi connectivity index (χ1v) is 7.44. The van der Waals surface area contributed by atoms with Gasteiger partial charge in [0.1, 0.15) is 5.75 Å². The van der Waals surface area contributed by atoms with Gasteiger partial charge < -0.3 is 15.8 Å². The minimum atomic E-state index is 0.153. The second-order valence-electron chi connectivity index (χ2n) is 6.34. The summed E-state index contributed by atoms with van der Waals surface area (Å²) in [6.45, 7) is 4.05. The average molecular weight is 260 g/mol. The van der Waals surface area contributed by atoms with E-state index in [0.29, 0.717) is 11.7 Å². The van der Waals surface area contributed by atoms with E-state index in [2.05, 4.69) is 11.4 Å². The first-order valence-electron chi connectivity index (χ1n) is 7.44. The molecule has 2 saturated carbocycles. The minimum absolute atomic E-state index is 0.153. The molecule has 2 aliphatic carbocycles. The molecule has 1 aromatic rings. The molecule has 3 rings (SSSR count). The quantitative estimate of drug-likeness (QED) is 0.812. The SMILES string of the molecule is CC(C)Oc1cc(NC2CC3CCC2C3)ccc1N. The van der Waals surface area contributed by atoms with Gasteiger partial charge in [0.15, 0.2) is 0 Å². The minimum Gasteiger partial charge on any atom is -0.489 e. The molecule has 2 aliphatic rings. The fourth-order valence-corrected chi connectivity index (χ4v) is 3.62. The third-order valence-electron chi connectivity index (χ3n) is 4.47. The van der Waals surface area contributed by atoms with Crippen LogP contribution in [0.15, 0.2) is 18.2 Å². The standard InChI is InChI=1S/C16H24N2O/c1-10(2)19-16-9-13(5-6-14(16)17)18-15-8-11-3-4-12(15)7-11/h5-6,9-12,15,18H,3-4,7-8,17H2,1-2H3. The van der Waals surface area contributed by atoms with Crippen molar-refractivity contribution >= 4 is 11.4 Å². The largest absolute Gasteiger partial charge is 0.489 e. The van der Waals surface area contributed by atoms with Crippen molar-refractivity contribution in [3.05, 3.63) is 18.2 Å². The molecule has 0 spiro atoms. The molecule has 19 heavy (non-hydrogen) atoms.